The fourth-order valence-electron chi connectivity index (χ4n) is 1.84. The summed E-state index contributed by atoms with van der Waals surface area (Å²) in [6, 6.07) is 0. The molecule has 0 aliphatic rings. The predicted molar refractivity (Wildman–Crippen MR) is 77.3 cm³/mol. The lowest BCUT2D eigenvalue weighted by atomic mass is 10.1. The van der Waals surface area contributed by atoms with E-state index in [2.05, 4.69) is 25.7 Å². The molecule has 0 fully saturated rings. The van der Waals surface area contributed by atoms with E-state index in [-0.39, 0.29) is 12.2 Å². The maximum atomic E-state index is 9.65. The zero-order valence-corrected chi connectivity index (χ0v) is 12.1. The second-order valence-electron chi connectivity index (χ2n) is 5.06. The average molecular weight is 254 g/mol. The van der Waals surface area contributed by atoms with Crippen molar-refractivity contribution in [2.45, 2.75) is 90.3 Å². The Hall–Kier alpha value is -0.520. The van der Waals surface area contributed by atoms with Gasteiger partial charge >= 0.3 is 0 Å². The van der Waals surface area contributed by atoms with Gasteiger partial charge in [0.05, 0.1) is 12.2 Å². The van der Waals surface area contributed by atoms with Crippen LogP contribution in [0.15, 0.2) is 0 Å². The van der Waals surface area contributed by atoms with Gasteiger partial charge in [-0.25, -0.2) is 0 Å². The molecule has 0 amide bonds. The van der Waals surface area contributed by atoms with E-state index in [4.69, 9.17) is 0 Å². The fraction of sp³-hybridized carbons (Fsp3) is 0.875. The Labute approximate surface area is 113 Å². The highest BCUT2D eigenvalue weighted by atomic mass is 16.3. The van der Waals surface area contributed by atoms with Crippen LogP contribution in [0.4, 0.5) is 0 Å². The summed E-state index contributed by atoms with van der Waals surface area (Å²) >= 11 is 0. The summed E-state index contributed by atoms with van der Waals surface area (Å²) in [4.78, 5) is 0. The third-order valence-corrected chi connectivity index (χ3v) is 3.08. The molecule has 0 bridgehead atoms. The number of hydrogen-bond acceptors (Lipinski definition) is 2. The molecule has 0 aromatic rings. The molecule has 0 unspecified atom stereocenters. The summed E-state index contributed by atoms with van der Waals surface area (Å²) in [6.07, 6.45) is 9.10. The summed E-state index contributed by atoms with van der Waals surface area (Å²) in [7, 11) is 0. The molecule has 18 heavy (non-hydrogen) atoms. The van der Waals surface area contributed by atoms with Gasteiger partial charge in [-0.15, -0.1) is 11.8 Å². The third kappa shape index (κ3) is 12.0. The Morgan fingerprint density at radius 1 is 0.722 bits per heavy atom. The van der Waals surface area contributed by atoms with E-state index in [0.717, 1.165) is 25.7 Å². The molecule has 0 aliphatic carbocycles. The van der Waals surface area contributed by atoms with Gasteiger partial charge in [-0.1, -0.05) is 52.4 Å². The highest BCUT2D eigenvalue weighted by Crippen LogP contribution is 2.07. The van der Waals surface area contributed by atoms with Crippen LogP contribution in [-0.2, 0) is 0 Å². The predicted octanol–water partition coefficient (Wildman–Crippen LogP) is 3.65. The minimum Gasteiger partial charge on any atom is -0.392 e. The molecule has 0 saturated carbocycles. The average Bonchev–Trinajstić information content (AvgIpc) is 2.35. The van der Waals surface area contributed by atoms with Crippen LogP contribution in [-0.4, -0.2) is 22.4 Å². The standard InChI is InChI=1S/C16H30O2/c1-3-5-7-11-15(17)13-9-10-14-16(18)12-8-6-4-2/h15-18H,3-8,11-14H2,1-2H3/t15-,16+. The lowest BCUT2D eigenvalue weighted by Crippen LogP contribution is -2.06. The zero-order valence-electron chi connectivity index (χ0n) is 12.1. The van der Waals surface area contributed by atoms with Crippen molar-refractivity contribution in [2.24, 2.45) is 0 Å². The van der Waals surface area contributed by atoms with Gasteiger partial charge in [-0.3, -0.25) is 0 Å². The first-order valence-corrected chi connectivity index (χ1v) is 7.52. The molecular formula is C16H30O2. The molecule has 2 nitrogen and oxygen atoms in total. The fourth-order valence-corrected chi connectivity index (χ4v) is 1.84. The van der Waals surface area contributed by atoms with Crippen LogP contribution < -0.4 is 0 Å². The molecule has 0 aromatic heterocycles. The Bertz CT molecular complexity index is 205. The molecule has 0 spiro atoms. The molecule has 2 N–H and O–H groups in total. The molecule has 0 radical (unpaired) electrons. The van der Waals surface area contributed by atoms with Gasteiger partial charge in [0.1, 0.15) is 0 Å². The first kappa shape index (κ1) is 17.5. The summed E-state index contributed by atoms with van der Waals surface area (Å²) in [5.74, 6) is 5.95. The molecule has 2 atom stereocenters. The lowest BCUT2D eigenvalue weighted by molar-refractivity contribution is 0.163. The molecule has 2 heteroatoms. The molecule has 0 aromatic carbocycles. The Morgan fingerprint density at radius 3 is 1.44 bits per heavy atom. The Kier molecular flexibility index (Phi) is 12.6. The van der Waals surface area contributed by atoms with Crippen molar-refractivity contribution in [3.63, 3.8) is 0 Å². The summed E-state index contributed by atoms with van der Waals surface area (Å²) in [6.45, 7) is 4.32. The van der Waals surface area contributed by atoms with Crippen LogP contribution >= 0.6 is 0 Å². The first-order chi connectivity index (χ1) is 8.70. The van der Waals surface area contributed by atoms with Crippen LogP contribution in [0.3, 0.4) is 0 Å². The Morgan fingerprint density at radius 2 is 1.11 bits per heavy atom. The van der Waals surface area contributed by atoms with Crippen molar-refractivity contribution in [3.05, 3.63) is 0 Å². The summed E-state index contributed by atoms with van der Waals surface area (Å²) in [5.41, 5.74) is 0. The minimum atomic E-state index is -0.290. The second-order valence-corrected chi connectivity index (χ2v) is 5.06. The van der Waals surface area contributed by atoms with Crippen molar-refractivity contribution in [1.82, 2.24) is 0 Å². The van der Waals surface area contributed by atoms with Gasteiger partial charge in [0.25, 0.3) is 0 Å². The van der Waals surface area contributed by atoms with Crippen LogP contribution in [0.25, 0.3) is 0 Å². The van der Waals surface area contributed by atoms with Crippen molar-refractivity contribution >= 4 is 0 Å². The van der Waals surface area contributed by atoms with Gasteiger partial charge in [0, 0.05) is 12.8 Å². The van der Waals surface area contributed by atoms with Crippen molar-refractivity contribution in [3.8, 4) is 11.8 Å². The molecule has 0 rings (SSSR count). The Balaban J connectivity index is 3.51. The largest absolute Gasteiger partial charge is 0.392 e. The van der Waals surface area contributed by atoms with Gasteiger partial charge in [-0.2, -0.15) is 0 Å². The zero-order chi connectivity index (χ0) is 13.6. The third-order valence-electron chi connectivity index (χ3n) is 3.08. The topological polar surface area (TPSA) is 40.5 Å². The van der Waals surface area contributed by atoms with Gasteiger partial charge in [-0.05, 0) is 12.8 Å². The second kappa shape index (κ2) is 12.9. The van der Waals surface area contributed by atoms with E-state index in [0.29, 0.717) is 12.8 Å². The maximum absolute atomic E-state index is 9.65. The molecule has 106 valence electrons. The van der Waals surface area contributed by atoms with Gasteiger partial charge in [0.15, 0.2) is 0 Å². The molecule has 0 aliphatic heterocycles. The summed E-state index contributed by atoms with van der Waals surface area (Å²) < 4.78 is 0. The number of rotatable bonds is 10. The first-order valence-electron chi connectivity index (χ1n) is 7.52. The molecular weight excluding hydrogens is 224 g/mol. The quantitative estimate of drug-likeness (QED) is 0.461. The van der Waals surface area contributed by atoms with Crippen molar-refractivity contribution in [2.75, 3.05) is 0 Å². The van der Waals surface area contributed by atoms with Crippen molar-refractivity contribution in [1.29, 1.82) is 0 Å². The minimum absolute atomic E-state index is 0.290. The van der Waals surface area contributed by atoms with Crippen LogP contribution in [0.2, 0.25) is 0 Å². The van der Waals surface area contributed by atoms with Crippen LogP contribution in [0, 0.1) is 11.8 Å². The van der Waals surface area contributed by atoms with E-state index in [1.807, 2.05) is 0 Å². The van der Waals surface area contributed by atoms with E-state index in [1.165, 1.54) is 25.7 Å². The van der Waals surface area contributed by atoms with E-state index < -0.39 is 0 Å². The molecule has 0 heterocycles. The number of hydrogen-bond donors (Lipinski definition) is 2. The molecule has 0 saturated heterocycles. The SMILES string of the molecule is CCCCC[C@H](O)CC#CC[C@H](O)CCCCC. The van der Waals surface area contributed by atoms with Gasteiger partial charge in [0.2, 0.25) is 0 Å². The maximum Gasteiger partial charge on any atom is 0.0649 e. The van der Waals surface area contributed by atoms with Crippen LogP contribution in [0.1, 0.15) is 78.1 Å². The lowest BCUT2D eigenvalue weighted by Gasteiger charge is -2.06. The highest BCUT2D eigenvalue weighted by Gasteiger charge is 2.02. The number of aliphatic hydroxyl groups excluding tert-OH is 2. The monoisotopic (exact) mass is 254 g/mol. The normalized spacial score (nSPS) is 13.8. The number of unbranched alkanes of at least 4 members (excludes halogenated alkanes) is 4. The summed E-state index contributed by atoms with van der Waals surface area (Å²) in [5, 5.41) is 19.3. The van der Waals surface area contributed by atoms with Crippen LogP contribution in [0.5, 0.6) is 0 Å². The van der Waals surface area contributed by atoms with E-state index in [9.17, 15) is 10.2 Å². The van der Waals surface area contributed by atoms with E-state index in [1.54, 1.807) is 0 Å². The number of aliphatic hydroxyl groups is 2. The van der Waals surface area contributed by atoms with Crippen molar-refractivity contribution < 1.29 is 10.2 Å². The smallest absolute Gasteiger partial charge is 0.0649 e. The van der Waals surface area contributed by atoms with Gasteiger partial charge < -0.3 is 10.2 Å². The highest BCUT2D eigenvalue weighted by molar-refractivity contribution is 5.01. The van der Waals surface area contributed by atoms with E-state index >= 15 is 0 Å².